The third-order valence-corrected chi connectivity index (χ3v) is 5.44. The van der Waals surface area contributed by atoms with Crippen LogP contribution in [0.25, 0.3) is 11.0 Å². The molecule has 0 aliphatic carbocycles. The lowest BCUT2D eigenvalue weighted by Gasteiger charge is -2.31. The van der Waals surface area contributed by atoms with Crippen LogP contribution in [0.1, 0.15) is 56.8 Å². The van der Waals surface area contributed by atoms with Crippen LogP contribution in [0, 0.1) is 0 Å². The number of aromatic nitrogens is 2. The maximum Gasteiger partial charge on any atom is 0.251 e. The second-order valence-corrected chi connectivity index (χ2v) is 8.46. The van der Waals surface area contributed by atoms with Gasteiger partial charge in [-0.3, -0.25) is 9.59 Å². The zero-order valence-corrected chi connectivity index (χ0v) is 19.6. The summed E-state index contributed by atoms with van der Waals surface area (Å²) in [5, 5.41) is 3.01. The second kappa shape index (κ2) is 9.85. The lowest BCUT2D eigenvalue weighted by molar-refractivity contribution is -0.135. The fraction of sp³-hybridized carbons (Fsp3) is 0.400. The van der Waals surface area contributed by atoms with Crippen molar-refractivity contribution >= 4 is 22.8 Å². The van der Waals surface area contributed by atoms with Crippen molar-refractivity contribution in [1.82, 2.24) is 19.8 Å². The highest BCUT2D eigenvalue weighted by molar-refractivity contribution is 5.94. The molecule has 0 bridgehead atoms. The zero-order valence-electron chi connectivity index (χ0n) is 19.6. The van der Waals surface area contributed by atoms with Crippen molar-refractivity contribution in [1.29, 1.82) is 0 Å². The first-order valence-electron chi connectivity index (χ1n) is 10.9. The first kappa shape index (κ1) is 23.3. The summed E-state index contributed by atoms with van der Waals surface area (Å²) >= 11 is 0. The van der Waals surface area contributed by atoms with Gasteiger partial charge in [0.1, 0.15) is 18.1 Å². The Bertz CT molecular complexity index is 1100. The van der Waals surface area contributed by atoms with E-state index in [0.717, 1.165) is 11.0 Å². The van der Waals surface area contributed by atoms with Crippen LogP contribution in [-0.2, 0) is 11.3 Å². The summed E-state index contributed by atoms with van der Waals surface area (Å²) in [4.78, 5) is 32.7. The molecule has 2 amide bonds. The molecule has 32 heavy (non-hydrogen) atoms. The van der Waals surface area contributed by atoms with E-state index in [1.807, 2.05) is 68.4 Å². The molecule has 1 atom stereocenters. The maximum absolute atomic E-state index is 13.2. The molecule has 7 heteroatoms. The van der Waals surface area contributed by atoms with E-state index in [1.165, 1.54) is 0 Å². The number of para-hydroxylation sites is 2. The van der Waals surface area contributed by atoms with E-state index in [1.54, 1.807) is 31.4 Å². The number of methoxy groups -OCH3 is 1. The molecule has 170 valence electrons. The van der Waals surface area contributed by atoms with Crippen molar-refractivity contribution in [2.24, 2.45) is 0 Å². The molecule has 0 fully saturated rings. The van der Waals surface area contributed by atoms with E-state index < -0.39 is 6.04 Å². The third kappa shape index (κ3) is 4.93. The standard InChI is InChI=1S/C25H32N4O3/c1-16(2)29(17(3)4)23(30)15-28-22-13-8-7-12-21(22)27-24(28)18(5)26-25(31)19-10-9-11-20(14-19)32-6/h7-14,16-18H,15H2,1-6H3,(H,26,31). The Kier molecular flexibility index (Phi) is 7.18. The number of carbonyl (C=O) groups excluding carboxylic acids is 2. The van der Waals surface area contributed by atoms with Crippen molar-refractivity contribution in [3.8, 4) is 5.75 Å². The topological polar surface area (TPSA) is 76.5 Å². The second-order valence-electron chi connectivity index (χ2n) is 8.46. The minimum atomic E-state index is -0.402. The van der Waals surface area contributed by atoms with Gasteiger partial charge >= 0.3 is 0 Å². The average molecular weight is 437 g/mol. The number of carbonyl (C=O) groups is 2. The molecule has 0 saturated heterocycles. The highest BCUT2D eigenvalue weighted by Gasteiger charge is 2.25. The SMILES string of the molecule is COc1cccc(C(=O)NC(C)c2nc3ccccc3n2CC(=O)N(C(C)C)C(C)C)c1. The zero-order chi connectivity index (χ0) is 23.4. The predicted octanol–water partition coefficient (Wildman–Crippen LogP) is 4.18. The molecule has 1 unspecified atom stereocenters. The average Bonchev–Trinajstić information content (AvgIpc) is 3.11. The Labute approximate surface area is 189 Å². The minimum Gasteiger partial charge on any atom is -0.497 e. The summed E-state index contributed by atoms with van der Waals surface area (Å²) in [7, 11) is 1.57. The fourth-order valence-corrected chi connectivity index (χ4v) is 4.09. The number of nitrogens with zero attached hydrogens (tertiary/aromatic N) is 3. The number of amides is 2. The van der Waals surface area contributed by atoms with Gasteiger partial charge in [0.05, 0.1) is 24.2 Å². The molecule has 7 nitrogen and oxygen atoms in total. The van der Waals surface area contributed by atoms with Gasteiger partial charge in [0.25, 0.3) is 5.91 Å². The van der Waals surface area contributed by atoms with E-state index in [4.69, 9.17) is 9.72 Å². The first-order valence-corrected chi connectivity index (χ1v) is 10.9. The Hall–Kier alpha value is -3.35. The van der Waals surface area contributed by atoms with Crippen LogP contribution in [-0.4, -0.2) is 45.5 Å². The maximum atomic E-state index is 13.2. The summed E-state index contributed by atoms with van der Waals surface area (Å²) < 4.78 is 7.13. The lowest BCUT2D eigenvalue weighted by atomic mass is 10.2. The van der Waals surface area contributed by atoms with Gasteiger partial charge in [-0.25, -0.2) is 4.98 Å². The van der Waals surface area contributed by atoms with E-state index in [-0.39, 0.29) is 30.4 Å². The minimum absolute atomic E-state index is 0.0192. The van der Waals surface area contributed by atoms with Gasteiger partial charge in [-0.2, -0.15) is 0 Å². The van der Waals surface area contributed by atoms with E-state index in [9.17, 15) is 9.59 Å². The predicted molar refractivity (Wildman–Crippen MR) is 126 cm³/mol. The summed E-state index contributed by atoms with van der Waals surface area (Å²) in [5.74, 6) is 1.05. The third-order valence-electron chi connectivity index (χ3n) is 5.44. The van der Waals surface area contributed by atoms with Crippen molar-refractivity contribution in [3.05, 3.63) is 59.9 Å². The number of ether oxygens (including phenoxy) is 1. The summed E-state index contributed by atoms with van der Waals surface area (Å²) in [6.45, 7) is 10.1. The molecule has 2 aromatic carbocycles. The van der Waals surface area contributed by atoms with Gasteiger partial charge in [-0.15, -0.1) is 0 Å². The smallest absolute Gasteiger partial charge is 0.251 e. The number of imidazole rings is 1. The summed E-state index contributed by atoms with van der Waals surface area (Å²) in [6.07, 6.45) is 0. The summed E-state index contributed by atoms with van der Waals surface area (Å²) in [5.41, 5.74) is 2.16. The molecular formula is C25H32N4O3. The number of fused-ring (bicyclic) bond motifs is 1. The highest BCUT2D eigenvalue weighted by atomic mass is 16.5. The van der Waals surface area contributed by atoms with Gasteiger partial charge in [-0.05, 0) is 65.0 Å². The fourth-order valence-electron chi connectivity index (χ4n) is 4.09. The Morgan fingerprint density at radius 1 is 1.03 bits per heavy atom. The van der Waals surface area contributed by atoms with Crippen LogP contribution in [0.4, 0.5) is 0 Å². The molecule has 1 N–H and O–H groups in total. The molecule has 3 rings (SSSR count). The number of rotatable bonds is 8. The van der Waals surface area contributed by atoms with Gasteiger partial charge in [-0.1, -0.05) is 18.2 Å². The van der Waals surface area contributed by atoms with Crippen LogP contribution < -0.4 is 10.1 Å². The molecule has 0 saturated carbocycles. The number of nitrogens with one attached hydrogen (secondary N) is 1. The molecule has 0 aliphatic rings. The van der Waals surface area contributed by atoms with Crippen LogP contribution in [0.5, 0.6) is 5.75 Å². The van der Waals surface area contributed by atoms with Gasteiger partial charge < -0.3 is 19.5 Å². The van der Waals surface area contributed by atoms with Crippen LogP contribution >= 0.6 is 0 Å². The number of hydrogen-bond acceptors (Lipinski definition) is 4. The Morgan fingerprint density at radius 2 is 1.72 bits per heavy atom. The molecular weight excluding hydrogens is 404 g/mol. The molecule has 1 heterocycles. The largest absolute Gasteiger partial charge is 0.497 e. The quantitative estimate of drug-likeness (QED) is 0.575. The summed E-state index contributed by atoms with van der Waals surface area (Å²) in [6, 6.07) is 14.5. The van der Waals surface area contributed by atoms with Crippen molar-refractivity contribution in [2.75, 3.05) is 7.11 Å². The Morgan fingerprint density at radius 3 is 2.38 bits per heavy atom. The van der Waals surface area contributed by atoms with Crippen molar-refractivity contribution in [3.63, 3.8) is 0 Å². The lowest BCUT2D eigenvalue weighted by Crippen LogP contribution is -2.44. The highest BCUT2D eigenvalue weighted by Crippen LogP contribution is 2.22. The van der Waals surface area contributed by atoms with Crippen LogP contribution in [0.2, 0.25) is 0 Å². The van der Waals surface area contributed by atoms with Gasteiger partial charge in [0.15, 0.2) is 0 Å². The molecule has 0 aliphatic heterocycles. The van der Waals surface area contributed by atoms with Crippen molar-refractivity contribution < 1.29 is 14.3 Å². The number of benzene rings is 2. The van der Waals surface area contributed by atoms with Gasteiger partial charge in [0, 0.05) is 17.6 Å². The first-order chi connectivity index (χ1) is 15.2. The molecule has 1 aromatic heterocycles. The monoisotopic (exact) mass is 436 g/mol. The van der Waals surface area contributed by atoms with E-state index >= 15 is 0 Å². The Balaban J connectivity index is 1.92. The molecule has 0 spiro atoms. The molecule has 0 radical (unpaired) electrons. The number of hydrogen-bond donors (Lipinski definition) is 1. The van der Waals surface area contributed by atoms with Crippen LogP contribution in [0.15, 0.2) is 48.5 Å². The van der Waals surface area contributed by atoms with E-state index in [2.05, 4.69) is 5.32 Å². The van der Waals surface area contributed by atoms with E-state index in [0.29, 0.717) is 17.1 Å². The molecule has 3 aromatic rings. The van der Waals surface area contributed by atoms with Crippen molar-refractivity contribution in [2.45, 2.75) is 59.3 Å². The van der Waals surface area contributed by atoms with Crippen LogP contribution in [0.3, 0.4) is 0 Å². The normalized spacial score (nSPS) is 12.2. The van der Waals surface area contributed by atoms with Gasteiger partial charge in [0.2, 0.25) is 5.91 Å².